The van der Waals surface area contributed by atoms with Crippen LogP contribution in [0.5, 0.6) is 11.5 Å². The maximum absolute atomic E-state index is 6.60. The lowest BCUT2D eigenvalue weighted by Gasteiger charge is -2.25. The van der Waals surface area contributed by atoms with Gasteiger partial charge in [0.05, 0.1) is 23.8 Å². The zero-order chi connectivity index (χ0) is 24.5. The van der Waals surface area contributed by atoms with Crippen LogP contribution in [0.25, 0.3) is 0 Å². The van der Waals surface area contributed by atoms with Crippen LogP contribution in [0.1, 0.15) is 62.1 Å². The summed E-state index contributed by atoms with van der Waals surface area (Å²) in [7, 11) is 0. The van der Waals surface area contributed by atoms with Crippen molar-refractivity contribution in [2.45, 2.75) is 57.2 Å². The summed E-state index contributed by atoms with van der Waals surface area (Å²) in [6.07, 6.45) is 5.02. The van der Waals surface area contributed by atoms with Crippen molar-refractivity contribution in [2.75, 3.05) is 25.3 Å². The van der Waals surface area contributed by atoms with Crippen LogP contribution in [0.15, 0.2) is 48.7 Å². The SMILES string of the molecule is CCC(C)(C)OCCNC(c1cnc(NC2(c3ccc4c(c3)OCO4)CC2)s1)c1ccccc1Cl. The van der Waals surface area contributed by atoms with Crippen molar-refractivity contribution < 1.29 is 14.2 Å². The van der Waals surface area contributed by atoms with Crippen molar-refractivity contribution in [1.82, 2.24) is 10.3 Å². The highest BCUT2D eigenvalue weighted by molar-refractivity contribution is 7.15. The molecule has 186 valence electrons. The van der Waals surface area contributed by atoms with E-state index in [-0.39, 0.29) is 24.0 Å². The van der Waals surface area contributed by atoms with Crippen LogP contribution < -0.4 is 20.1 Å². The summed E-state index contributed by atoms with van der Waals surface area (Å²) in [6, 6.07) is 14.1. The molecule has 0 amide bonds. The Morgan fingerprint density at radius 1 is 1.17 bits per heavy atom. The topological polar surface area (TPSA) is 64.6 Å². The smallest absolute Gasteiger partial charge is 0.231 e. The molecule has 0 saturated heterocycles. The molecule has 35 heavy (non-hydrogen) atoms. The van der Waals surface area contributed by atoms with E-state index in [9.17, 15) is 0 Å². The highest BCUT2D eigenvalue weighted by Crippen LogP contribution is 2.51. The predicted molar refractivity (Wildman–Crippen MR) is 141 cm³/mol. The maximum atomic E-state index is 6.60. The van der Waals surface area contributed by atoms with Gasteiger partial charge in [-0.3, -0.25) is 0 Å². The second kappa shape index (κ2) is 9.97. The molecule has 6 nitrogen and oxygen atoms in total. The zero-order valence-corrected chi connectivity index (χ0v) is 22.0. The standard InChI is InChI=1S/C27H32ClN3O3S/c1-4-26(2,3)34-14-13-29-24(19-7-5-6-8-20(19)28)23-16-30-25(35-23)31-27(11-12-27)18-9-10-21-22(15-18)33-17-32-21/h5-10,15-16,24,29H,4,11-14,17H2,1-3H3,(H,30,31). The third-order valence-electron chi connectivity index (χ3n) is 6.84. The monoisotopic (exact) mass is 513 g/mol. The second-order valence-electron chi connectivity index (χ2n) is 9.71. The van der Waals surface area contributed by atoms with E-state index in [1.165, 1.54) is 5.56 Å². The molecule has 1 aliphatic carbocycles. The molecule has 1 unspecified atom stereocenters. The van der Waals surface area contributed by atoms with E-state index < -0.39 is 0 Å². The first-order valence-electron chi connectivity index (χ1n) is 12.1. The van der Waals surface area contributed by atoms with Crippen LogP contribution in [-0.2, 0) is 10.3 Å². The number of hydrogen-bond donors (Lipinski definition) is 2. The Morgan fingerprint density at radius 3 is 2.74 bits per heavy atom. The van der Waals surface area contributed by atoms with Gasteiger partial charge in [0.2, 0.25) is 6.79 Å². The number of anilines is 1. The third-order valence-corrected chi connectivity index (χ3v) is 8.16. The van der Waals surface area contributed by atoms with Crippen molar-refractivity contribution >= 4 is 28.1 Å². The molecule has 2 heterocycles. The molecule has 0 bridgehead atoms. The Labute approximate surface area is 216 Å². The first-order valence-corrected chi connectivity index (χ1v) is 13.3. The Hall–Kier alpha value is -2.32. The highest BCUT2D eigenvalue weighted by atomic mass is 35.5. The fraction of sp³-hybridized carbons (Fsp3) is 0.444. The van der Waals surface area contributed by atoms with Crippen molar-refractivity contribution in [1.29, 1.82) is 0 Å². The minimum atomic E-state index is -0.129. The summed E-state index contributed by atoms with van der Waals surface area (Å²) in [6.45, 7) is 8.00. The first kappa shape index (κ1) is 24.4. The van der Waals surface area contributed by atoms with Gasteiger partial charge in [0.15, 0.2) is 16.6 Å². The molecule has 5 rings (SSSR count). The normalized spacial score (nSPS) is 16.8. The molecule has 3 aromatic rings. The van der Waals surface area contributed by atoms with Crippen LogP contribution in [0.3, 0.4) is 0 Å². The number of rotatable bonds is 11. The van der Waals surface area contributed by atoms with E-state index in [0.29, 0.717) is 13.2 Å². The lowest BCUT2D eigenvalue weighted by atomic mass is 10.0. The highest BCUT2D eigenvalue weighted by Gasteiger charge is 2.45. The van der Waals surface area contributed by atoms with Crippen LogP contribution >= 0.6 is 22.9 Å². The Balaban J connectivity index is 1.32. The number of aromatic nitrogens is 1. The molecule has 1 atom stereocenters. The van der Waals surface area contributed by atoms with Gasteiger partial charge in [-0.1, -0.05) is 42.8 Å². The Kier molecular flexibility index (Phi) is 6.95. The van der Waals surface area contributed by atoms with Crippen LogP contribution in [0.4, 0.5) is 5.13 Å². The van der Waals surface area contributed by atoms with Gasteiger partial charge >= 0.3 is 0 Å². The zero-order valence-electron chi connectivity index (χ0n) is 20.4. The molecule has 1 fully saturated rings. The molecule has 2 aliphatic rings. The van der Waals surface area contributed by atoms with Crippen molar-refractivity contribution in [2.24, 2.45) is 0 Å². The molecule has 1 aliphatic heterocycles. The van der Waals surface area contributed by atoms with Gasteiger partial charge in [-0.25, -0.2) is 4.98 Å². The van der Waals surface area contributed by atoms with Gasteiger partial charge in [-0.2, -0.15) is 0 Å². The largest absolute Gasteiger partial charge is 0.454 e. The van der Waals surface area contributed by atoms with Crippen LogP contribution in [-0.4, -0.2) is 30.5 Å². The summed E-state index contributed by atoms with van der Waals surface area (Å²) in [5, 5.41) is 8.98. The van der Waals surface area contributed by atoms with E-state index in [4.69, 9.17) is 30.8 Å². The fourth-order valence-electron chi connectivity index (χ4n) is 4.19. The van der Waals surface area contributed by atoms with Crippen molar-refractivity contribution in [3.05, 3.63) is 69.7 Å². The number of ether oxygens (including phenoxy) is 3. The van der Waals surface area contributed by atoms with E-state index in [1.54, 1.807) is 11.3 Å². The quantitative estimate of drug-likeness (QED) is 0.285. The molecule has 0 spiro atoms. The van der Waals surface area contributed by atoms with Gasteiger partial charge in [0, 0.05) is 22.6 Å². The average molecular weight is 514 g/mol. The number of thiazole rings is 1. The summed E-state index contributed by atoms with van der Waals surface area (Å²) >= 11 is 8.26. The Morgan fingerprint density at radius 2 is 1.97 bits per heavy atom. The number of hydrogen-bond acceptors (Lipinski definition) is 7. The maximum Gasteiger partial charge on any atom is 0.231 e. The fourth-order valence-corrected chi connectivity index (χ4v) is 5.45. The van der Waals surface area contributed by atoms with Crippen molar-refractivity contribution in [3.8, 4) is 11.5 Å². The minimum absolute atomic E-state index is 0.0641. The van der Waals surface area contributed by atoms with E-state index in [2.05, 4.69) is 49.6 Å². The van der Waals surface area contributed by atoms with Crippen LogP contribution in [0.2, 0.25) is 5.02 Å². The molecular weight excluding hydrogens is 482 g/mol. The summed E-state index contributed by atoms with van der Waals surface area (Å²) < 4.78 is 17.1. The van der Waals surface area contributed by atoms with Crippen LogP contribution in [0, 0.1) is 0 Å². The van der Waals surface area contributed by atoms with E-state index in [0.717, 1.165) is 51.4 Å². The number of benzene rings is 2. The van der Waals surface area contributed by atoms with Gasteiger partial charge in [0.25, 0.3) is 0 Å². The van der Waals surface area contributed by atoms with Crippen molar-refractivity contribution in [3.63, 3.8) is 0 Å². The number of nitrogens with zero attached hydrogens (tertiary/aromatic N) is 1. The lowest BCUT2D eigenvalue weighted by molar-refractivity contribution is -0.0184. The molecule has 2 aromatic carbocycles. The lowest BCUT2D eigenvalue weighted by Crippen LogP contribution is -2.31. The molecule has 1 saturated carbocycles. The molecular formula is C27H32ClN3O3S. The van der Waals surface area contributed by atoms with Gasteiger partial charge in [-0.05, 0) is 62.4 Å². The number of nitrogens with one attached hydrogen (secondary N) is 2. The predicted octanol–water partition coefficient (Wildman–Crippen LogP) is 6.51. The average Bonchev–Trinajstić information content (AvgIpc) is 3.25. The summed E-state index contributed by atoms with van der Waals surface area (Å²) in [5.74, 6) is 1.62. The molecule has 8 heteroatoms. The summed E-state index contributed by atoms with van der Waals surface area (Å²) in [5.41, 5.74) is 2.00. The van der Waals surface area contributed by atoms with Gasteiger partial charge in [0.1, 0.15) is 0 Å². The first-order chi connectivity index (χ1) is 16.9. The van der Waals surface area contributed by atoms with Gasteiger partial charge in [-0.15, -0.1) is 11.3 Å². The van der Waals surface area contributed by atoms with E-state index >= 15 is 0 Å². The van der Waals surface area contributed by atoms with E-state index in [1.807, 2.05) is 30.5 Å². The minimum Gasteiger partial charge on any atom is -0.454 e. The molecule has 2 N–H and O–H groups in total. The second-order valence-corrected chi connectivity index (χ2v) is 11.2. The Bertz CT molecular complexity index is 1180. The number of halogens is 1. The third kappa shape index (κ3) is 5.43. The van der Waals surface area contributed by atoms with Gasteiger partial charge < -0.3 is 24.8 Å². The molecule has 0 radical (unpaired) electrons. The number of fused-ring (bicyclic) bond motifs is 1. The molecule has 1 aromatic heterocycles. The summed E-state index contributed by atoms with van der Waals surface area (Å²) in [4.78, 5) is 5.84.